The molecular weight excluding hydrogens is 454 g/mol. The number of hydrogen-bond acceptors (Lipinski definition) is 5. The Morgan fingerprint density at radius 3 is 2.58 bits per heavy atom. The number of amides is 1. The summed E-state index contributed by atoms with van der Waals surface area (Å²) in [5.74, 6) is -0.309. The Hall–Kier alpha value is -2.16. The predicted octanol–water partition coefficient (Wildman–Crippen LogP) is 3.65. The van der Waals surface area contributed by atoms with Crippen molar-refractivity contribution in [1.29, 1.82) is 0 Å². The number of likely N-dealkylation sites (tertiary alicyclic amines) is 1. The first kappa shape index (κ1) is 22.0. The van der Waals surface area contributed by atoms with Crippen LogP contribution in [0, 0.1) is 0 Å². The summed E-state index contributed by atoms with van der Waals surface area (Å²) in [7, 11) is -1.57. The number of nitrogens with zero attached hydrogens (tertiary/aromatic N) is 3. The molecule has 0 unspecified atom stereocenters. The van der Waals surface area contributed by atoms with E-state index in [9.17, 15) is 13.2 Å². The summed E-state index contributed by atoms with van der Waals surface area (Å²) in [5.41, 5.74) is 0. The number of carbonyl (C=O) groups is 1. The normalized spacial score (nSPS) is 16.2. The molecule has 2 heterocycles. The van der Waals surface area contributed by atoms with Crippen LogP contribution in [0.2, 0.25) is 5.02 Å². The third-order valence-electron chi connectivity index (χ3n) is 5.59. The Morgan fingerprint density at radius 2 is 1.87 bits per heavy atom. The van der Waals surface area contributed by atoms with Gasteiger partial charge in [-0.3, -0.25) is 9.79 Å². The Morgan fingerprint density at radius 1 is 1.16 bits per heavy atom. The molecule has 0 N–H and O–H groups in total. The van der Waals surface area contributed by atoms with Gasteiger partial charge in [-0.15, -0.1) is 11.3 Å². The van der Waals surface area contributed by atoms with Gasteiger partial charge in [-0.2, -0.15) is 0 Å². The van der Waals surface area contributed by atoms with E-state index < -0.39 is 9.84 Å². The van der Waals surface area contributed by atoms with Crippen LogP contribution in [0.5, 0.6) is 0 Å². The van der Waals surface area contributed by atoms with Crippen LogP contribution in [0.4, 0.5) is 0 Å². The molecule has 1 aliphatic heterocycles. The second-order valence-electron chi connectivity index (χ2n) is 7.76. The molecule has 1 aliphatic rings. The van der Waals surface area contributed by atoms with Crippen LogP contribution in [-0.4, -0.2) is 48.7 Å². The van der Waals surface area contributed by atoms with E-state index >= 15 is 0 Å². The Bertz CT molecular complexity index is 1270. The number of hydrogen-bond donors (Lipinski definition) is 0. The Kier molecular flexibility index (Phi) is 6.50. The summed E-state index contributed by atoms with van der Waals surface area (Å²) in [4.78, 5) is 20.4. The zero-order valence-corrected chi connectivity index (χ0v) is 19.6. The lowest BCUT2D eigenvalue weighted by Gasteiger charge is -2.30. The molecule has 2 aromatic carbocycles. The lowest BCUT2D eigenvalue weighted by molar-refractivity contribution is -0.131. The lowest BCUT2D eigenvalue weighted by Crippen LogP contribution is -2.40. The van der Waals surface area contributed by atoms with Crippen LogP contribution < -0.4 is 4.80 Å². The van der Waals surface area contributed by atoms with E-state index in [2.05, 4.69) is 0 Å². The maximum Gasteiger partial charge on any atom is 0.223 e. The second kappa shape index (κ2) is 9.14. The molecule has 164 valence electrons. The van der Waals surface area contributed by atoms with Crippen molar-refractivity contribution in [3.05, 3.63) is 57.8 Å². The number of thiazole rings is 1. The molecule has 3 aromatic rings. The van der Waals surface area contributed by atoms with Crippen LogP contribution in [0.3, 0.4) is 0 Å². The van der Waals surface area contributed by atoms with E-state index in [1.54, 1.807) is 52.6 Å². The fourth-order valence-corrected chi connectivity index (χ4v) is 5.98. The quantitative estimate of drug-likeness (QED) is 0.563. The lowest BCUT2D eigenvalue weighted by atomic mass is 10.1. The summed E-state index contributed by atoms with van der Waals surface area (Å²) in [6.07, 6.45) is 3.56. The molecule has 0 radical (unpaired) electrons. The second-order valence-corrected chi connectivity index (χ2v) is 11.2. The molecule has 4 rings (SSSR count). The smallest absolute Gasteiger partial charge is 0.223 e. The van der Waals surface area contributed by atoms with Crippen molar-refractivity contribution in [1.82, 2.24) is 9.47 Å². The minimum atomic E-state index is -3.55. The van der Waals surface area contributed by atoms with E-state index in [1.165, 1.54) is 0 Å². The monoisotopic (exact) mass is 477 g/mol. The van der Waals surface area contributed by atoms with Gasteiger partial charge in [0.15, 0.2) is 14.6 Å². The van der Waals surface area contributed by atoms with Crippen LogP contribution in [-0.2, 0) is 21.7 Å². The molecule has 31 heavy (non-hydrogen) atoms. The summed E-state index contributed by atoms with van der Waals surface area (Å²) < 4.78 is 27.6. The van der Waals surface area contributed by atoms with Crippen molar-refractivity contribution < 1.29 is 13.2 Å². The number of carbonyl (C=O) groups excluding carboxylic acids is 1. The van der Waals surface area contributed by atoms with E-state index in [0.717, 1.165) is 28.4 Å². The van der Waals surface area contributed by atoms with E-state index in [4.69, 9.17) is 16.6 Å². The van der Waals surface area contributed by atoms with Gasteiger partial charge in [0, 0.05) is 43.2 Å². The van der Waals surface area contributed by atoms with Gasteiger partial charge in [0.25, 0.3) is 0 Å². The molecule has 0 bridgehead atoms. The van der Waals surface area contributed by atoms with Gasteiger partial charge in [-0.25, -0.2) is 8.42 Å². The topological polar surface area (TPSA) is 71.7 Å². The van der Waals surface area contributed by atoms with Crippen molar-refractivity contribution in [2.45, 2.75) is 30.2 Å². The van der Waals surface area contributed by atoms with Gasteiger partial charge in [0.1, 0.15) is 0 Å². The maximum absolute atomic E-state index is 12.8. The number of aromatic nitrogens is 1. The van der Waals surface area contributed by atoms with E-state index in [1.807, 2.05) is 23.2 Å². The molecule has 0 spiro atoms. The average Bonchev–Trinajstić information content (AvgIpc) is 3.16. The third-order valence-corrected chi connectivity index (χ3v) is 8.40. The van der Waals surface area contributed by atoms with Crippen LogP contribution >= 0.6 is 22.9 Å². The molecule has 1 fully saturated rings. The van der Waals surface area contributed by atoms with E-state index in [-0.39, 0.29) is 29.0 Å². The number of aryl methyl sites for hydroxylation is 1. The standard InChI is InChI=1S/C22H24ClN3O3S2/c1-25-11-12-30-22(25)24-19-6-9-26(10-7-19)21(27)8-13-31(28,29)20-5-3-16-14-18(23)4-2-17(16)15-20/h2-5,11-12,14-15,19H,6-10,13H2,1H3/b24-22-. The largest absolute Gasteiger partial charge is 0.343 e. The summed E-state index contributed by atoms with van der Waals surface area (Å²) in [6.45, 7) is 1.22. The van der Waals surface area contributed by atoms with Gasteiger partial charge in [-0.1, -0.05) is 23.7 Å². The zero-order valence-electron chi connectivity index (χ0n) is 17.2. The molecule has 1 saturated heterocycles. The molecule has 0 atom stereocenters. The maximum atomic E-state index is 12.8. The van der Waals surface area contributed by atoms with E-state index in [0.29, 0.717) is 18.1 Å². The highest BCUT2D eigenvalue weighted by molar-refractivity contribution is 7.91. The van der Waals surface area contributed by atoms with Gasteiger partial charge in [-0.05, 0) is 47.9 Å². The highest BCUT2D eigenvalue weighted by atomic mass is 35.5. The number of piperidine rings is 1. The molecule has 1 amide bonds. The first-order valence-electron chi connectivity index (χ1n) is 10.2. The average molecular weight is 478 g/mol. The van der Waals surface area contributed by atoms with Crippen molar-refractivity contribution in [3.63, 3.8) is 0 Å². The number of rotatable bonds is 5. The highest BCUT2D eigenvalue weighted by Crippen LogP contribution is 2.24. The zero-order chi connectivity index (χ0) is 22.0. The van der Waals surface area contributed by atoms with Gasteiger partial charge in [0.05, 0.1) is 16.7 Å². The summed E-state index contributed by atoms with van der Waals surface area (Å²) >= 11 is 7.59. The molecular formula is C22H24ClN3O3S2. The molecule has 0 aliphatic carbocycles. The minimum absolute atomic E-state index is 0.0112. The first-order valence-corrected chi connectivity index (χ1v) is 13.1. The SMILES string of the molecule is Cn1ccs/c1=N\C1CCN(C(=O)CCS(=O)(=O)c2ccc3cc(Cl)ccc3c2)CC1. The van der Waals surface area contributed by atoms with Crippen LogP contribution in [0.1, 0.15) is 19.3 Å². The molecule has 0 saturated carbocycles. The number of fused-ring (bicyclic) bond motifs is 1. The number of sulfone groups is 1. The summed E-state index contributed by atoms with van der Waals surface area (Å²) in [6, 6.07) is 10.5. The third kappa shape index (κ3) is 5.19. The fourth-order valence-electron chi connectivity index (χ4n) is 3.74. The van der Waals surface area contributed by atoms with Crippen LogP contribution in [0.25, 0.3) is 10.8 Å². The molecule has 6 nitrogen and oxygen atoms in total. The number of benzene rings is 2. The molecule has 1 aromatic heterocycles. The van der Waals surface area contributed by atoms with Crippen molar-refractivity contribution in [2.24, 2.45) is 12.0 Å². The van der Waals surface area contributed by atoms with Gasteiger partial charge >= 0.3 is 0 Å². The summed E-state index contributed by atoms with van der Waals surface area (Å²) in [5, 5.41) is 4.30. The molecule has 9 heteroatoms. The van der Waals surface area contributed by atoms with Crippen LogP contribution in [0.15, 0.2) is 57.9 Å². The minimum Gasteiger partial charge on any atom is -0.343 e. The van der Waals surface area contributed by atoms with Crippen molar-refractivity contribution >= 4 is 49.5 Å². The van der Waals surface area contributed by atoms with Gasteiger partial charge in [0.2, 0.25) is 5.91 Å². The number of halogens is 1. The fraction of sp³-hybridized carbons (Fsp3) is 0.364. The highest BCUT2D eigenvalue weighted by Gasteiger charge is 2.24. The first-order chi connectivity index (χ1) is 14.8. The predicted molar refractivity (Wildman–Crippen MR) is 124 cm³/mol. The van der Waals surface area contributed by atoms with Gasteiger partial charge < -0.3 is 9.47 Å². The van der Waals surface area contributed by atoms with Crippen molar-refractivity contribution in [3.8, 4) is 0 Å². The van der Waals surface area contributed by atoms with Crippen molar-refractivity contribution in [2.75, 3.05) is 18.8 Å². The Labute approximate surface area is 190 Å². The Balaban J connectivity index is 1.35.